The number of aliphatic imine (C=N–C) groups is 2. The third kappa shape index (κ3) is 4.49. The first-order chi connectivity index (χ1) is 20.6. The van der Waals surface area contributed by atoms with Gasteiger partial charge in [-0.15, -0.1) is 0 Å². The zero-order valence-electron chi connectivity index (χ0n) is 25.4. The maximum Gasteiger partial charge on any atom is 0.347 e. The number of hydrogen-bond donors (Lipinski definition) is 2. The number of fused-ring (bicyclic) bond motifs is 6. The fourth-order valence-electron chi connectivity index (χ4n) is 7.04. The lowest BCUT2D eigenvalue weighted by Crippen LogP contribution is -2.38. The molecule has 0 saturated carbocycles. The number of H-pyrrole nitrogens is 2. The number of aromatic amines is 2. The summed E-state index contributed by atoms with van der Waals surface area (Å²) in [4.78, 5) is 55.9. The van der Waals surface area contributed by atoms with E-state index in [0.29, 0.717) is 28.9 Å². The van der Waals surface area contributed by atoms with Crippen molar-refractivity contribution in [2.45, 2.75) is 65.8 Å². The molecule has 0 amide bonds. The molecule has 0 saturated heterocycles. The van der Waals surface area contributed by atoms with Gasteiger partial charge in [0.2, 0.25) is 0 Å². The van der Waals surface area contributed by atoms with Crippen molar-refractivity contribution >= 4 is 53.6 Å². The summed E-state index contributed by atoms with van der Waals surface area (Å²) in [5, 5.41) is 1.79. The molecule has 6 rings (SSSR count). The highest BCUT2D eigenvalue weighted by Gasteiger charge is 2.49. The topological polar surface area (TPSA) is 126 Å². The van der Waals surface area contributed by atoms with Crippen molar-refractivity contribution < 1.29 is 23.9 Å². The minimum atomic E-state index is -0.842. The smallest absolute Gasteiger partial charge is 0.347 e. The van der Waals surface area contributed by atoms with Gasteiger partial charge < -0.3 is 19.4 Å². The lowest BCUT2D eigenvalue weighted by Gasteiger charge is -2.29. The summed E-state index contributed by atoms with van der Waals surface area (Å²) in [7, 11) is 1.37. The largest absolute Gasteiger partial charge is 0.469 e. The first-order valence-electron chi connectivity index (χ1n) is 14.8. The second kappa shape index (κ2) is 10.6. The second-order valence-corrected chi connectivity index (χ2v) is 11.7. The normalized spacial score (nSPS) is 24.9. The molecule has 2 N–H and O–H groups in total. The van der Waals surface area contributed by atoms with E-state index in [2.05, 4.69) is 43.4 Å². The number of aromatic nitrogens is 2. The Morgan fingerprint density at radius 1 is 1.12 bits per heavy atom. The molecule has 43 heavy (non-hydrogen) atoms. The molecule has 2 aromatic rings. The first kappa shape index (κ1) is 28.6. The van der Waals surface area contributed by atoms with Crippen LogP contribution in [-0.2, 0) is 19.1 Å². The van der Waals surface area contributed by atoms with E-state index >= 15 is 0 Å². The summed E-state index contributed by atoms with van der Waals surface area (Å²) in [5.41, 5.74) is 8.91. The van der Waals surface area contributed by atoms with Crippen molar-refractivity contribution in [1.29, 1.82) is 0 Å². The van der Waals surface area contributed by atoms with Crippen molar-refractivity contribution in [3.8, 4) is 0 Å². The summed E-state index contributed by atoms with van der Waals surface area (Å²) in [5.74, 6) is -2.74. The zero-order chi connectivity index (χ0) is 30.7. The van der Waals surface area contributed by atoms with Crippen LogP contribution in [-0.4, -0.2) is 52.5 Å². The van der Waals surface area contributed by atoms with E-state index in [0.717, 1.165) is 56.5 Å². The van der Waals surface area contributed by atoms with Crippen LogP contribution in [0, 0.1) is 25.7 Å². The molecular weight excluding hydrogens is 544 g/mol. The first-order valence-corrected chi connectivity index (χ1v) is 14.8. The predicted molar refractivity (Wildman–Crippen MR) is 166 cm³/mol. The highest BCUT2D eigenvalue weighted by Crippen LogP contribution is 2.44. The Hall–Kier alpha value is -4.53. The van der Waals surface area contributed by atoms with E-state index in [9.17, 15) is 14.4 Å². The Morgan fingerprint density at radius 2 is 1.88 bits per heavy atom. The number of methoxy groups -OCH3 is 1. The number of ether oxygens (including phenoxy) is 2. The molecule has 0 fully saturated rings. The van der Waals surface area contributed by atoms with Gasteiger partial charge in [0.15, 0.2) is 0 Å². The van der Waals surface area contributed by atoms with Crippen LogP contribution in [0.3, 0.4) is 0 Å². The van der Waals surface area contributed by atoms with Crippen molar-refractivity contribution in [3.63, 3.8) is 0 Å². The van der Waals surface area contributed by atoms with Gasteiger partial charge >= 0.3 is 17.9 Å². The van der Waals surface area contributed by atoms with Gasteiger partial charge in [0.05, 0.1) is 30.1 Å². The molecule has 2 aromatic heterocycles. The molecule has 2 unspecified atom stereocenters. The van der Waals surface area contributed by atoms with Crippen molar-refractivity contribution in [1.82, 2.24) is 9.97 Å². The van der Waals surface area contributed by atoms with Crippen LogP contribution in [0.2, 0.25) is 0 Å². The zero-order valence-corrected chi connectivity index (χ0v) is 25.4. The molecule has 9 nitrogen and oxygen atoms in total. The molecule has 8 bridgehead atoms. The van der Waals surface area contributed by atoms with Gasteiger partial charge in [-0.1, -0.05) is 26.5 Å². The summed E-state index contributed by atoms with van der Waals surface area (Å²) in [6.07, 6.45) is 9.30. The van der Waals surface area contributed by atoms with E-state index < -0.39 is 23.9 Å². The van der Waals surface area contributed by atoms with Crippen LogP contribution < -0.4 is 10.7 Å². The predicted octanol–water partition coefficient (Wildman–Crippen LogP) is 4.21. The number of carbonyl (C=O) groups excluding carboxylic acids is 3. The van der Waals surface area contributed by atoms with Crippen LogP contribution in [0.4, 0.5) is 0 Å². The molecule has 0 aliphatic carbocycles. The molecule has 0 aromatic carbocycles. The average molecular weight is 581 g/mol. The maximum atomic E-state index is 13.5. The van der Waals surface area contributed by atoms with Crippen molar-refractivity contribution in [2.75, 3.05) is 7.11 Å². The number of esters is 3. The summed E-state index contributed by atoms with van der Waals surface area (Å²) < 4.78 is 10.3. The fraction of sp³-hybridized carbons (Fsp3) is 0.382. The molecule has 0 spiro atoms. The van der Waals surface area contributed by atoms with Crippen LogP contribution in [0.5, 0.6) is 0 Å². The van der Waals surface area contributed by atoms with Gasteiger partial charge in [-0.05, 0) is 80.0 Å². The summed E-state index contributed by atoms with van der Waals surface area (Å²) in [6.45, 7) is 14.2. The molecule has 4 aliphatic heterocycles. The minimum absolute atomic E-state index is 0.0862. The number of cyclic esters (lactones) is 2. The van der Waals surface area contributed by atoms with Gasteiger partial charge in [-0.2, -0.15) is 0 Å². The molecule has 4 aliphatic rings. The molecule has 0 radical (unpaired) electrons. The fourth-order valence-corrected chi connectivity index (χ4v) is 7.04. The molecule has 6 heterocycles. The molecular formula is C34H36N4O5. The van der Waals surface area contributed by atoms with E-state index in [1.54, 1.807) is 0 Å². The van der Waals surface area contributed by atoms with Crippen LogP contribution in [0.15, 0.2) is 33.4 Å². The van der Waals surface area contributed by atoms with Gasteiger partial charge in [0, 0.05) is 45.7 Å². The monoisotopic (exact) mass is 580 g/mol. The number of nitrogens with one attached hydrogen (secondary N) is 2. The highest BCUT2D eigenvalue weighted by atomic mass is 16.6. The van der Waals surface area contributed by atoms with E-state index in [-0.39, 0.29) is 24.2 Å². The average Bonchev–Trinajstić information content (AvgIpc) is 3.65. The Bertz CT molecular complexity index is 1860. The summed E-state index contributed by atoms with van der Waals surface area (Å²) >= 11 is 0. The van der Waals surface area contributed by atoms with E-state index in [4.69, 9.17) is 19.5 Å². The minimum Gasteiger partial charge on any atom is -0.469 e. The quantitative estimate of drug-likeness (QED) is 0.405. The van der Waals surface area contributed by atoms with Crippen LogP contribution in [0.25, 0.3) is 24.3 Å². The van der Waals surface area contributed by atoms with Crippen molar-refractivity contribution in [3.05, 3.63) is 67.8 Å². The number of allylic oxidation sites excluding steroid dienone is 2. The lowest BCUT2D eigenvalue weighted by molar-refractivity contribution is -0.141. The lowest BCUT2D eigenvalue weighted by atomic mass is 9.77. The molecule has 9 heteroatoms. The number of carbonyl (C=O) groups is 3. The molecule has 222 valence electrons. The number of nitrogens with zero attached hydrogens (tertiary/aromatic N) is 2. The second-order valence-electron chi connectivity index (χ2n) is 11.7. The van der Waals surface area contributed by atoms with Crippen LogP contribution in [0.1, 0.15) is 84.4 Å². The Morgan fingerprint density at radius 3 is 2.58 bits per heavy atom. The van der Waals surface area contributed by atoms with Crippen molar-refractivity contribution in [2.24, 2.45) is 21.8 Å². The van der Waals surface area contributed by atoms with Gasteiger partial charge in [-0.3, -0.25) is 14.6 Å². The van der Waals surface area contributed by atoms with Crippen LogP contribution >= 0.6 is 0 Å². The summed E-state index contributed by atoms with van der Waals surface area (Å²) in [6, 6.07) is -0.554. The van der Waals surface area contributed by atoms with E-state index in [1.807, 2.05) is 32.1 Å². The standard InChI is InChI=1S/C34H36N4O5/c1-8-19-15(3)22-12-24-17(5)21(10-11-28(39)42-7)31(37-24)30-32-29(33(40)43-34(30)41)18(6)25(38-32)14-27-20(9-2)16(4)23(36-27)13-26(19)35-22/h8,12-14,17,21,30-31,35,38H,1,9-11H2,2-7H3/b22-12-,26-13?,27-14?/t17-,21-,30?,31?/m0/s1. The number of rotatable bonds is 5. The van der Waals surface area contributed by atoms with Gasteiger partial charge in [-0.25, -0.2) is 9.79 Å². The third-order valence-corrected chi connectivity index (χ3v) is 9.54. The maximum absolute atomic E-state index is 13.5. The van der Waals surface area contributed by atoms with Gasteiger partial charge in [0.25, 0.3) is 0 Å². The van der Waals surface area contributed by atoms with Gasteiger partial charge in [0.1, 0.15) is 5.92 Å². The third-order valence-electron chi connectivity index (χ3n) is 9.54. The Kier molecular flexibility index (Phi) is 7.07. The Labute approximate surface area is 249 Å². The SMILES string of the molecule is C=Cc1c(C)/c2[nH]c1=CC1=NC(=Cc3[nH]c4c(c3C)C(=O)OC(=O)C4C3N=C(\C=2)[C@@H](C)[C@@H]3CCC(=O)OC)C(CC)=C1C. The highest BCUT2D eigenvalue weighted by molar-refractivity contribution is 6.23. The molecule has 4 atom stereocenters. The Balaban J connectivity index is 1.65. The number of hydrogen-bond acceptors (Lipinski definition) is 7. The van der Waals surface area contributed by atoms with E-state index in [1.165, 1.54) is 7.11 Å².